The molecule has 1 N–H and O–H groups in total. The van der Waals surface area contributed by atoms with Crippen molar-refractivity contribution in [3.05, 3.63) is 101 Å². The van der Waals surface area contributed by atoms with E-state index in [2.05, 4.69) is 5.32 Å². The number of hydrogen-bond acceptors (Lipinski definition) is 5. The Hall–Kier alpha value is -3.78. The smallest absolute Gasteiger partial charge is 0.325 e. The van der Waals surface area contributed by atoms with Crippen LogP contribution in [0, 0.1) is 11.6 Å². The topological polar surface area (TPSA) is 73.9 Å². The van der Waals surface area contributed by atoms with Crippen LogP contribution in [0.5, 0.6) is 5.75 Å². The number of fused-ring (bicyclic) bond motifs is 1. The zero-order valence-electron chi connectivity index (χ0n) is 16.8. The first-order valence-corrected chi connectivity index (χ1v) is 9.83. The van der Waals surface area contributed by atoms with E-state index in [-0.39, 0.29) is 18.8 Å². The minimum Gasteiger partial charge on any atom is -0.460 e. The van der Waals surface area contributed by atoms with E-state index in [0.717, 1.165) is 11.6 Å². The van der Waals surface area contributed by atoms with Crippen molar-refractivity contribution in [3.63, 3.8) is 0 Å². The molecule has 3 aromatic carbocycles. The van der Waals surface area contributed by atoms with Crippen LogP contribution in [0.1, 0.15) is 33.3 Å². The first-order chi connectivity index (χ1) is 15.5. The molecule has 0 bridgehead atoms. The molecule has 0 aliphatic carbocycles. The van der Waals surface area contributed by atoms with Crippen LogP contribution in [0.25, 0.3) is 0 Å². The van der Waals surface area contributed by atoms with Crippen LogP contribution in [-0.4, -0.2) is 18.4 Å². The van der Waals surface area contributed by atoms with Crippen LogP contribution in [0.3, 0.4) is 0 Å². The Labute approximate surface area is 182 Å². The lowest BCUT2D eigenvalue weighted by Gasteiger charge is -2.28. The van der Waals surface area contributed by atoms with Gasteiger partial charge in [0.15, 0.2) is 0 Å². The van der Waals surface area contributed by atoms with Crippen LogP contribution >= 0.6 is 0 Å². The molecular weight excluding hydrogens is 420 g/mol. The number of esters is 1. The molecule has 0 fully saturated rings. The van der Waals surface area contributed by atoms with E-state index in [1.807, 2.05) is 30.3 Å². The highest BCUT2D eigenvalue weighted by Crippen LogP contribution is 2.36. The number of carbonyl (C=O) groups is 2. The summed E-state index contributed by atoms with van der Waals surface area (Å²) < 4.78 is 44.0. The number of ether oxygens (including phenoxy) is 3. The van der Waals surface area contributed by atoms with E-state index >= 15 is 0 Å². The molecule has 1 atom stereocenters. The molecule has 4 rings (SSSR count). The van der Waals surface area contributed by atoms with E-state index < -0.39 is 36.3 Å². The van der Waals surface area contributed by atoms with Gasteiger partial charge in [0.05, 0.1) is 6.61 Å². The first-order valence-electron chi connectivity index (χ1n) is 9.83. The van der Waals surface area contributed by atoms with Crippen molar-refractivity contribution in [1.29, 1.82) is 0 Å². The molecule has 1 amide bonds. The molecule has 0 radical (unpaired) electrons. The molecule has 1 heterocycles. The maximum atomic E-state index is 14.0. The van der Waals surface area contributed by atoms with Gasteiger partial charge in [0.25, 0.3) is 5.91 Å². The predicted octanol–water partition coefficient (Wildman–Crippen LogP) is 4.05. The van der Waals surface area contributed by atoms with Gasteiger partial charge in [-0.25, -0.2) is 8.78 Å². The summed E-state index contributed by atoms with van der Waals surface area (Å²) in [6.45, 7) is -0.545. The Kier molecular flexibility index (Phi) is 6.42. The number of hydrogen-bond donors (Lipinski definition) is 1. The second kappa shape index (κ2) is 9.57. The number of carbonyl (C=O) groups excluding carboxylic acids is 2. The molecule has 1 aliphatic heterocycles. The number of amides is 1. The summed E-state index contributed by atoms with van der Waals surface area (Å²) in [5.74, 6) is -2.04. The minimum atomic E-state index is -0.737. The Morgan fingerprint density at radius 3 is 2.59 bits per heavy atom. The summed E-state index contributed by atoms with van der Waals surface area (Å²) in [5.41, 5.74) is 1.72. The van der Waals surface area contributed by atoms with Crippen molar-refractivity contribution in [2.24, 2.45) is 0 Å². The van der Waals surface area contributed by atoms with Crippen molar-refractivity contribution in [3.8, 4) is 5.75 Å². The lowest BCUT2D eigenvalue weighted by atomic mass is 10.1. The van der Waals surface area contributed by atoms with Gasteiger partial charge in [0.1, 0.15) is 30.5 Å². The van der Waals surface area contributed by atoms with Gasteiger partial charge in [-0.2, -0.15) is 0 Å². The molecule has 3 aromatic rings. The summed E-state index contributed by atoms with van der Waals surface area (Å²) >= 11 is 0. The third-order valence-corrected chi connectivity index (χ3v) is 4.76. The van der Waals surface area contributed by atoms with Gasteiger partial charge < -0.3 is 19.5 Å². The van der Waals surface area contributed by atoms with E-state index in [0.29, 0.717) is 16.9 Å². The lowest BCUT2D eigenvalue weighted by Crippen LogP contribution is -2.30. The second-order valence-corrected chi connectivity index (χ2v) is 7.08. The molecular formula is C24H19F2NO5. The third-order valence-electron chi connectivity index (χ3n) is 4.76. The van der Waals surface area contributed by atoms with Gasteiger partial charge in [-0.3, -0.25) is 9.59 Å². The maximum Gasteiger partial charge on any atom is 0.325 e. The Morgan fingerprint density at radius 1 is 1.00 bits per heavy atom. The molecule has 0 spiro atoms. The molecule has 0 saturated heterocycles. The van der Waals surface area contributed by atoms with Gasteiger partial charge >= 0.3 is 5.97 Å². The molecule has 6 nitrogen and oxygen atoms in total. The highest BCUT2D eigenvalue weighted by atomic mass is 19.1. The zero-order chi connectivity index (χ0) is 22.5. The average Bonchev–Trinajstić information content (AvgIpc) is 2.81. The molecule has 0 saturated carbocycles. The largest absolute Gasteiger partial charge is 0.460 e. The van der Waals surface area contributed by atoms with Gasteiger partial charge in [-0.15, -0.1) is 0 Å². The lowest BCUT2D eigenvalue weighted by molar-refractivity contribution is -0.144. The number of rotatable bonds is 6. The third kappa shape index (κ3) is 5.09. The highest BCUT2D eigenvalue weighted by molar-refractivity contribution is 5.95. The maximum absolute atomic E-state index is 14.0. The SMILES string of the molecule is O=C(CNC(=O)c1cccc(F)c1)OCc1cc(F)cc2c1OC(c1ccccc1)OC2. The summed E-state index contributed by atoms with van der Waals surface area (Å²) in [6.07, 6.45) is -0.672. The fourth-order valence-corrected chi connectivity index (χ4v) is 3.25. The van der Waals surface area contributed by atoms with E-state index in [1.165, 1.54) is 30.3 Å². The molecule has 164 valence electrons. The van der Waals surface area contributed by atoms with Crippen molar-refractivity contribution in [2.75, 3.05) is 6.54 Å². The number of nitrogens with one attached hydrogen (secondary N) is 1. The fraction of sp³-hybridized carbons (Fsp3) is 0.167. The molecule has 0 aromatic heterocycles. The van der Waals surface area contributed by atoms with E-state index in [9.17, 15) is 18.4 Å². The standard InChI is InChI=1S/C24H19F2NO5/c25-19-8-4-7-16(9-19)23(29)27-12-21(28)30-13-17-10-20(26)11-18-14-31-24(32-22(17)18)15-5-2-1-3-6-15/h1-11,24H,12-14H2,(H,27,29). The molecule has 8 heteroatoms. The van der Waals surface area contributed by atoms with Crippen LogP contribution in [0.15, 0.2) is 66.7 Å². The van der Waals surface area contributed by atoms with Crippen molar-refractivity contribution < 1.29 is 32.6 Å². The van der Waals surface area contributed by atoms with Gasteiger partial charge in [0, 0.05) is 22.3 Å². The number of benzene rings is 3. The minimum absolute atomic E-state index is 0.0809. The number of halogens is 2. The second-order valence-electron chi connectivity index (χ2n) is 7.08. The van der Waals surface area contributed by atoms with Crippen molar-refractivity contribution in [2.45, 2.75) is 19.5 Å². The van der Waals surface area contributed by atoms with Crippen LogP contribution < -0.4 is 10.1 Å². The summed E-state index contributed by atoms with van der Waals surface area (Å²) in [5, 5.41) is 2.36. The Morgan fingerprint density at radius 2 is 1.81 bits per heavy atom. The van der Waals surface area contributed by atoms with Crippen LogP contribution in [0.2, 0.25) is 0 Å². The summed E-state index contributed by atoms with van der Waals surface area (Å²) in [6, 6.07) is 16.9. The van der Waals surface area contributed by atoms with Crippen molar-refractivity contribution >= 4 is 11.9 Å². The predicted molar refractivity (Wildman–Crippen MR) is 110 cm³/mol. The molecule has 32 heavy (non-hydrogen) atoms. The van der Waals surface area contributed by atoms with E-state index in [4.69, 9.17) is 14.2 Å². The van der Waals surface area contributed by atoms with Crippen molar-refractivity contribution in [1.82, 2.24) is 5.32 Å². The zero-order valence-corrected chi connectivity index (χ0v) is 16.8. The summed E-state index contributed by atoms with van der Waals surface area (Å²) in [7, 11) is 0. The quantitative estimate of drug-likeness (QED) is 0.587. The fourth-order valence-electron chi connectivity index (χ4n) is 3.25. The Bertz CT molecular complexity index is 1140. The summed E-state index contributed by atoms with van der Waals surface area (Å²) in [4.78, 5) is 24.1. The van der Waals surface area contributed by atoms with Crippen LogP contribution in [-0.2, 0) is 27.5 Å². The van der Waals surface area contributed by atoms with Crippen LogP contribution in [0.4, 0.5) is 8.78 Å². The molecule has 1 unspecified atom stereocenters. The normalized spacial score (nSPS) is 14.8. The average molecular weight is 439 g/mol. The van der Waals surface area contributed by atoms with Gasteiger partial charge in [0.2, 0.25) is 6.29 Å². The first kappa shape index (κ1) is 21.5. The van der Waals surface area contributed by atoms with Gasteiger partial charge in [-0.05, 0) is 30.3 Å². The highest BCUT2D eigenvalue weighted by Gasteiger charge is 2.25. The molecule has 1 aliphatic rings. The Balaban J connectivity index is 1.39. The van der Waals surface area contributed by atoms with E-state index in [1.54, 1.807) is 0 Å². The van der Waals surface area contributed by atoms with Gasteiger partial charge in [-0.1, -0.05) is 36.4 Å². The monoisotopic (exact) mass is 439 g/mol.